The van der Waals surface area contributed by atoms with Crippen molar-refractivity contribution in [2.24, 2.45) is 5.73 Å². The fourth-order valence-electron chi connectivity index (χ4n) is 2.27. The van der Waals surface area contributed by atoms with Crippen LogP contribution in [0.5, 0.6) is 0 Å². The van der Waals surface area contributed by atoms with Crippen LogP contribution in [0.1, 0.15) is 31.7 Å². The van der Waals surface area contributed by atoms with E-state index in [9.17, 15) is 0 Å². The van der Waals surface area contributed by atoms with Gasteiger partial charge in [0.05, 0.1) is 5.52 Å². The number of pyridine rings is 1. The second kappa shape index (κ2) is 6.66. The van der Waals surface area contributed by atoms with Gasteiger partial charge < -0.3 is 10.6 Å². The molecule has 0 fully saturated rings. The Hall–Kier alpha value is -1.68. The van der Waals surface area contributed by atoms with Gasteiger partial charge in [0.15, 0.2) is 0 Å². The molecule has 0 radical (unpaired) electrons. The molecule has 1 aromatic heterocycles. The van der Waals surface area contributed by atoms with Gasteiger partial charge in [0, 0.05) is 24.5 Å². The molecular formula is C16H21N3S. The largest absolute Gasteiger partial charge is 0.389 e. The maximum atomic E-state index is 5.86. The maximum absolute atomic E-state index is 5.86. The number of anilines is 1. The predicted molar refractivity (Wildman–Crippen MR) is 90.4 cm³/mol. The lowest BCUT2D eigenvalue weighted by atomic mass is 10.1. The van der Waals surface area contributed by atoms with Crippen LogP contribution in [-0.4, -0.2) is 23.6 Å². The van der Waals surface area contributed by atoms with Gasteiger partial charge in [-0.3, -0.25) is 0 Å². The van der Waals surface area contributed by atoms with Crippen LogP contribution < -0.4 is 10.6 Å². The van der Waals surface area contributed by atoms with E-state index in [2.05, 4.69) is 18.9 Å². The fraction of sp³-hybridized carbons (Fsp3) is 0.375. The highest BCUT2D eigenvalue weighted by Crippen LogP contribution is 2.22. The van der Waals surface area contributed by atoms with Crippen molar-refractivity contribution in [3.63, 3.8) is 0 Å². The van der Waals surface area contributed by atoms with E-state index in [-0.39, 0.29) is 0 Å². The fourth-order valence-corrected chi connectivity index (χ4v) is 2.44. The number of thiocarbonyl (C=S) groups is 1. The topological polar surface area (TPSA) is 42.1 Å². The Morgan fingerprint density at radius 2 is 2.05 bits per heavy atom. The Morgan fingerprint density at radius 3 is 2.75 bits per heavy atom. The quantitative estimate of drug-likeness (QED) is 0.652. The Balaban J connectivity index is 2.37. The number of nitrogens with zero attached hydrogens (tertiary/aromatic N) is 2. The van der Waals surface area contributed by atoms with Crippen LogP contribution in [0.25, 0.3) is 10.9 Å². The third-order valence-electron chi connectivity index (χ3n) is 3.46. The summed E-state index contributed by atoms with van der Waals surface area (Å²) in [6.45, 7) is 3.20. The number of rotatable bonds is 6. The van der Waals surface area contributed by atoms with Crippen LogP contribution in [-0.2, 0) is 0 Å². The minimum absolute atomic E-state index is 0.423. The minimum atomic E-state index is 0.423. The summed E-state index contributed by atoms with van der Waals surface area (Å²) in [5.74, 6) is 0.933. The van der Waals surface area contributed by atoms with Crippen LogP contribution in [0, 0.1) is 0 Å². The average Bonchev–Trinajstić information content (AvgIpc) is 2.46. The third kappa shape index (κ3) is 3.25. The zero-order valence-corrected chi connectivity index (χ0v) is 12.9. The predicted octanol–water partition coefficient (Wildman–Crippen LogP) is 3.50. The van der Waals surface area contributed by atoms with E-state index in [1.807, 2.05) is 30.3 Å². The number of benzene rings is 1. The van der Waals surface area contributed by atoms with Gasteiger partial charge in [-0.05, 0) is 18.6 Å². The van der Waals surface area contributed by atoms with E-state index in [0.717, 1.165) is 28.8 Å². The number of nitrogens with two attached hydrogens (primary N) is 1. The Labute approximate surface area is 125 Å². The van der Waals surface area contributed by atoms with Crippen molar-refractivity contribution >= 4 is 33.9 Å². The van der Waals surface area contributed by atoms with Crippen molar-refractivity contribution in [3.05, 3.63) is 35.9 Å². The van der Waals surface area contributed by atoms with Gasteiger partial charge in [-0.2, -0.15) is 0 Å². The van der Waals surface area contributed by atoms with Gasteiger partial charge in [0.25, 0.3) is 0 Å². The highest BCUT2D eigenvalue weighted by Gasteiger charge is 2.10. The number of hydrogen-bond donors (Lipinski definition) is 1. The molecule has 0 bridgehead atoms. The minimum Gasteiger partial charge on any atom is -0.389 e. The normalized spacial score (nSPS) is 10.7. The molecule has 2 aromatic rings. The van der Waals surface area contributed by atoms with Crippen LogP contribution in [0.4, 0.5) is 5.82 Å². The zero-order valence-electron chi connectivity index (χ0n) is 12.1. The molecule has 0 atom stereocenters. The lowest BCUT2D eigenvalue weighted by Crippen LogP contribution is -2.21. The van der Waals surface area contributed by atoms with Gasteiger partial charge >= 0.3 is 0 Å². The van der Waals surface area contributed by atoms with Crippen molar-refractivity contribution in [2.45, 2.75) is 26.2 Å². The molecule has 0 amide bonds. The number of hydrogen-bond acceptors (Lipinski definition) is 3. The van der Waals surface area contributed by atoms with Crippen molar-refractivity contribution in [2.75, 3.05) is 18.5 Å². The molecule has 20 heavy (non-hydrogen) atoms. The smallest absolute Gasteiger partial charge is 0.129 e. The molecule has 0 unspecified atom stereocenters. The highest BCUT2D eigenvalue weighted by molar-refractivity contribution is 7.80. The Kier molecular flexibility index (Phi) is 4.90. The van der Waals surface area contributed by atoms with Crippen LogP contribution >= 0.6 is 12.2 Å². The molecule has 2 rings (SSSR count). The second-order valence-electron chi connectivity index (χ2n) is 5.04. The van der Waals surface area contributed by atoms with Crippen LogP contribution in [0.15, 0.2) is 30.3 Å². The van der Waals surface area contributed by atoms with Crippen molar-refractivity contribution < 1.29 is 0 Å². The number of unbranched alkanes of at least 4 members (excludes halogenated alkanes) is 2. The molecule has 0 aliphatic carbocycles. The zero-order chi connectivity index (χ0) is 14.5. The summed E-state index contributed by atoms with van der Waals surface area (Å²) in [4.78, 5) is 7.30. The number of fused-ring (bicyclic) bond motifs is 1. The van der Waals surface area contributed by atoms with Crippen LogP contribution in [0.3, 0.4) is 0 Å². The van der Waals surface area contributed by atoms with E-state index < -0.39 is 0 Å². The lowest BCUT2D eigenvalue weighted by molar-refractivity contribution is 0.702. The SMILES string of the molecule is CCCCCN(C)c1cc(C(N)=S)c2ccccc2n1. The first kappa shape index (κ1) is 14.7. The second-order valence-corrected chi connectivity index (χ2v) is 5.48. The molecule has 0 spiro atoms. The summed E-state index contributed by atoms with van der Waals surface area (Å²) < 4.78 is 0. The van der Waals surface area contributed by atoms with Gasteiger partial charge in [0.1, 0.15) is 10.8 Å². The summed E-state index contributed by atoms with van der Waals surface area (Å²) in [5.41, 5.74) is 7.70. The molecule has 0 saturated heterocycles. The molecule has 1 heterocycles. The summed E-state index contributed by atoms with van der Waals surface area (Å²) in [5, 5.41) is 1.02. The summed E-state index contributed by atoms with van der Waals surface area (Å²) in [6, 6.07) is 9.98. The first-order valence-electron chi connectivity index (χ1n) is 7.04. The van der Waals surface area contributed by atoms with Gasteiger partial charge in [-0.1, -0.05) is 50.2 Å². The van der Waals surface area contributed by atoms with Gasteiger partial charge in [0.2, 0.25) is 0 Å². The molecule has 3 nitrogen and oxygen atoms in total. The molecule has 4 heteroatoms. The number of aromatic nitrogens is 1. The standard InChI is InChI=1S/C16H21N3S/c1-3-4-7-10-19(2)15-11-13(16(17)20)12-8-5-6-9-14(12)18-15/h5-6,8-9,11H,3-4,7,10H2,1-2H3,(H2,17,20). The maximum Gasteiger partial charge on any atom is 0.129 e. The van der Waals surface area contributed by atoms with Gasteiger partial charge in [-0.15, -0.1) is 0 Å². The van der Waals surface area contributed by atoms with Crippen LogP contribution in [0.2, 0.25) is 0 Å². The van der Waals surface area contributed by atoms with E-state index in [4.69, 9.17) is 22.9 Å². The first-order valence-corrected chi connectivity index (χ1v) is 7.45. The van der Waals surface area contributed by atoms with E-state index >= 15 is 0 Å². The number of para-hydroxylation sites is 1. The lowest BCUT2D eigenvalue weighted by Gasteiger charge is -2.19. The van der Waals surface area contributed by atoms with E-state index in [1.54, 1.807) is 0 Å². The summed E-state index contributed by atoms with van der Waals surface area (Å²) in [7, 11) is 2.07. The van der Waals surface area contributed by atoms with E-state index in [0.29, 0.717) is 4.99 Å². The monoisotopic (exact) mass is 287 g/mol. The molecule has 0 aliphatic rings. The average molecular weight is 287 g/mol. The third-order valence-corrected chi connectivity index (χ3v) is 3.68. The first-order chi connectivity index (χ1) is 9.63. The molecule has 106 valence electrons. The van der Waals surface area contributed by atoms with Crippen molar-refractivity contribution in [3.8, 4) is 0 Å². The summed E-state index contributed by atoms with van der Waals surface area (Å²) >= 11 is 5.17. The Morgan fingerprint density at radius 1 is 1.30 bits per heavy atom. The molecule has 0 saturated carbocycles. The molecule has 0 aliphatic heterocycles. The van der Waals surface area contributed by atoms with Crippen molar-refractivity contribution in [1.82, 2.24) is 4.98 Å². The molecule has 2 N–H and O–H groups in total. The van der Waals surface area contributed by atoms with Gasteiger partial charge in [-0.25, -0.2) is 4.98 Å². The Bertz CT molecular complexity index is 610. The van der Waals surface area contributed by atoms with E-state index in [1.165, 1.54) is 19.3 Å². The molecule has 1 aromatic carbocycles. The van der Waals surface area contributed by atoms with Crippen molar-refractivity contribution in [1.29, 1.82) is 0 Å². The molecular weight excluding hydrogens is 266 g/mol. The highest BCUT2D eigenvalue weighted by atomic mass is 32.1. The summed E-state index contributed by atoms with van der Waals surface area (Å²) in [6.07, 6.45) is 3.63.